The predicted octanol–water partition coefficient (Wildman–Crippen LogP) is 4.03. The van der Waals surface area contributed by atoms with Crippen LogP contribution in [0.4, 0.5) is 0 Å². The molecular weight excluding hydrogens is 246 g/mol. The lowest BCUT2D eigenvalue weighted by Crippen LogP contribution is -2.25. The number of ether oxygens (including phenoxy) is 1. The smallest absolute Gasteiger partial charge is 0.0587 e. The van der Waals surface area contributed by atoms with Gasteiger partial charge in [0, 0.05) is 13.2 Å². The van der Waals surface area contributed by atoms with Crippen LogP contribution >= 0.6 is 0 Å². The average Bonchev–Trinajstić information content (AvgIpc) is 2.44. The van der Waals surface area contributed by atoms with Gasteiger partial charge in [0.25, 0.3) is 0 Å². The van der Waals surface area contributed by atoms with Crippen molar-refractivity contribution < 1.29 is 4.74 Å². The summed E-state index contributed by atoms with van der Waals surface area (Å²) < 4.78 is 5.74. The summed E-state index contributed by atoms with van der Waals surface area (Å²) in [7, 11) is 0. The Morgan fingerprint density at radius 1 is 1.15 bits per heavy atom. The molecule has 1 aliphatic heterocycles. The van der Waals surface area contributed by atoms with E-state index in [0.717, 1.165) is 26.1 Å². The molecule has 1 aromatic rings. The Kier molecular flexibility index (Phi) is 5.62. The number of hydrogen-bond donors (Lipinski definition) is 1. The van der Waals surface area contributed by atoms with Gasteiger partial charge in [-0.15, -0.1) is 0 Å². The number of benzene rings is 1. The second-order valence-electron chi connectivity index (χ2n) is 6.90. The highest BCUT2D eigenvalue weighted by molar-refractivity contribution is 5.27. The van der Waals surface area contributed by atoms with Gasteiger partial charge in [0.05, 0.1) is 6.10 Å². The van der Waals surface area contributed by atoms with Crippen molar-refractivity contribution in [2.75, 3.05) is 13.2 Å². The van der Waals surface area contributed by atoms with E-state index < -0.39 is 0 Å². The lowest BCUT2D eigenvalue weighted by atomic mass is 9.87. The highest BCUT2D eigenvalue weighted by atomic mass is 16.5. The second-order valence-corrected chi connectivity index (χ2v) is 6.90. The largest absolute Gasteiger partial charge is 0.378 e. The molecule has 0 radical (unpaired) electrons. The summed E-state index contributed by atoms with van der Waals surface area (Å²) in [5, 5.41) is 3.53. The summed E-state index contributed by atoms with van der Waals surface area (Å²) in [5.41, 5.74) is 3.00. The molecule has 1 aromatic carbocycles. The monoisotopic (exact) mass is 275 g/mol. The SMILES string of the molecule is CC(C)(C)c1ccc(CNCCC2CCCCO2)cc1. The molecule has 0 spiro atoms. The van der Waals surface area contributed by atoms with Crippen LogP contribution < -0.4 is 5.32 Å². The van der Waals surface area contributed by atoms with Crippen molar-refractivity contribution in [2.45, 2.75) is 64.5 Å². The van der Waals surface area contributed by atoms with E-state index >= 15 is 0 Å². The van der Waals surface area contributed by atoms with E-state index in [1.165, 1.54) is 30.4 Å². The standard InChI is InChI=1S/C18H29NO/c1-18(2,3)16-9-7-15(8-10-16)14-19-12-11-17-6-4-5-13-20-17/h7-10,17,19H,4-6,11-14H2,1-3H3. The molecule has 2 nitrogen and oxygen atoms in total. The summed E-state index contributed by atoms with van der Waals surface area (Å²) in [6.45, 7) is 9.72. The van der Waals surface area contributed by atoms with Crippen LogP contribution in [-0.2, 0) is 16.7 Å². The van der Waals surface area contributed by atoms with Crippen molar-refractivity contribution in [1.82, 2.24) is 5.32 Å². The van der Waals surface area contributed by atoms with E-state index in [0.29, 0.717) is 6.10 Å². The molecule has 1 heterocycles. The molecule has 2 heteroatoms. The van der Waals surface area contributed by atoms with Crippen LogP contribution in [0.2, 0.25) is 0 Å². The topological polar surface area (TPSA) is 21.3 Å². The third kappa shape index (κ3) is 4.92. The third-order valence-corrected chi connectivity index (χ3v) is 4.07. The van der Waals surface area contributed by atoms with Gasteiger partial charge in [-0.2, -0.15) is 0 Å². The molecule has 0 saturated carbocycles. The van der Waals surface area contributed by atoms with E-state index in [9.17, 15) is 0 Å². The van der Waals surface area contributed by atoms with Crippen molar-refractivity contribution in [2.24, 2.45) is 0 Å². The summed E-state index contributed by atoms with van der Waals surface area (Å²) in [4.78, 5) is 0. The van der Waals surface area contributed by atoms with Crippen molar-refractivity contribution >= 4 is 0 Å². The van der Waals surface area contributed by atoms with Crippen LogP contribution in [0, 0.1) is 0 Å². The van der Waals surface area contributed by atoms with E-state index in [1.807, 2.05) is 0 Å². The zero-order valence-electron chi connectivity index (χ0n) is 13.2. The maximum atomic E-state index is 5.74. The van der Waals surface area contributed by atoms with E-state index in [2.05, 4.69) is 50.4 Å². The Balaban J connectivity index is 1.68. The fraction of sp³-hybridized carbons (Fsp3) is 0.667. The maximum Gasteiger partial charge on any atom is 0.0587 e. The second kappa shape index (κ2) is 7.24. The van der Waals surface area contributed by atoms with Gasteiger partial charge in [0.15, 0.2) is 0 Å². The molecular formula is C18H29NO. The molecule has 1 unspecified atom stereocenters. The van der Waals surface area contributed by atoms with Gasteiger partial charge in [0.2, 0.25) is 0 Å². The fourth-order valence-electron chi connectivity index (χ4n) is 2.65. The Hall–Kier alpha value is -0.860. The Bertz CT molecular complexity index is 385. The minimum Gasteiger partial charge on any atom is -0.378 e. The van der Waals surface area contributed by atoms with Crippen LogP contribution in [-0.4, -0.2) is 19.3 Å². The molecule has 0 aromatic heterocycles. The van der Waals surface area contributed by atoms with Gasteiger partial charge in [-0.1, -0.05) is 45.0 Å². The number of rotatable bonds is 5. The summed E-state index contributed by atoms with van der Waals surface area (Å²) in [6, 6.07) is 8.98. The minimum absolute atomic E-state index is 0.240. The van der Waals surface area contributed by atoms with Crippen molar-refractivity contribution in [3.05, 3.63) is 35.4 Å². The van der Waals surface area contributed by atoms with Crippen LogP contribution in [0.15, 0.2) is 24.3 Å². The normalized spacial score (nSPS) is 20.1. The van der Waals surface area contributed by atoms with E-state index in [1.54, 1.807) is 0 Å². The highest BCUT2D eigenvalue weighted by Gasteiger charge is 2.14. The molecule has 1 fully saturated rings. The highest BCUT2D eigenvalue weighted by Crippen LogP contribution is 2.22. The molecule has 2 rings (SSSR count). The number of hydrogen-bond acceptors (Lipinski definition) is 2. The molecule has 1 atom stereocenters. The van der Waals surface area contributed by atoms with E-state index in [4.69, 9.17) is 4.74 Å². The Morgan fingerprint density at radius 3 is 2.50 bits per heavy atom. The molecule has 0 amide bonds. The first kappa shape index (κ1) is 15.5. The first-order valence-electron chi connectivity index (χ1n) is 7.97. The van der Waals surface area contributed by atoms with Crippen molar-refractivity contribution in [3.8, 4) is 0 Å². The van der Waals surface area contributed by atoms with E-state index in [-0.39, 0.29) is 5.41 Å². The summed E-state index contributed by atoms with van der Waals surface area (Å²) >= 11 is 0. The lowest BCUT2D eigenvalue weighted by Gasteiger charge is -2.22. The molecule has 1 saturated heterocycles. The van der Waals surface area contributed by atoms with Crippen LogP contribution in [0.5, 0.6) is 0 Å². The first-order valence-corrected chi connectivity index (χ1v) is 7.97. The van der Waals surface area contributed by atoms with Crippen LogP contribution in [0.1, 0.15) is 57.6 Å². The fourth-order valence-corrected chi connectivity index (χ4v) is 2.65. The average molecular weight is 275 g/mol. The molecule has 0 bridgehead atoms. The Labute approximate surface area is 123 Å². The molecule has 112 valence electrons. The molecule has 1 N–H and O–H groups in total. The first-order chi connectivity index (χ1) is 9.55. The van der Waals surface area contributed by atoms with Crippen molar-refractivity contribution in [1.29, 1.82) is 0 Å². The summed E-state index contributed by atoms with van der Waals surface area (Å²) in [5.74, 6) is 0. The minimum atomic E-state index is 0.240. The Morgan fingerprint density at radius 2 is 1.90 bits per heavy atom. The molecule has 1 aliphatic rings. The molecule has 0 aliphatic carbocycles. The maximum absolute atomic E-state index is 5.74. The van der Waals surface area contributed by atoms with Gasteiger partial charge in [-0.05, 0) is 48.8 Å². The van der Waals surface area contributed by atoms with Crippen molar-refractivity contribution in [3.63, 3.8) is 0 Å². The van der Waals surface area contributed by atoms with Gasteiger partial charge in [-0.3, -0.25) is 0 Å². The lowest BCUT2D eigenvalue weighted by molar-refractivity contribution is 0.0115. The van der Waals surface area contributed by atoms with Gasteiger partial charge in [0.1, 0.15) is 0 Å². The zero-order chi connectivity index (χ0) is 14.4. The predicted molar refractivity (Wildman–Crippen MR) is 85.1 cm³/mol. The quantitative estimate of drug-likeness (QED) is 0.819. The number of nitrogens with one attached hydrogen (secondary N) is 1. The van der Waals surface area contributed by atoms with Gasteiger partial charge in [-0.25, -0.2) is 0 Å². The van der Waals surface area contributed by atoms with Crippen LogP contribution in [0.25, 0.3) is 0 Å². The van der Waals surface area contributed by atoms with Crippen LogP contribution in [0.3, 0.4) is 0 Å². The van der Waals surface area contributed by atoms with Gasteiger partial charge >= 0.3 is 0 Å². The molecule has 20 heavy (non-hydrogen) atoms. The van der Waals surface area contributed by atoms with Gasteiger partial charge < -0.3 is 10.1 Å². The summed E-state index contributed by atoms with van der Waals surface area (Å²) in [6.07, 6.45) is 5.44. The third-order valence-electron chi connectivity index (χ3n) is 4.07. The zero-order valence-corrected chi connectivity index (χ0v) is 13.2.